The van der Waals surface area contributed by atoms with E-state index in [-0.39, 0.29) is 50.5 Å². The summed E-state index contributed by atoms with van der Waals surface area (Å²) < 4.78 is 0. The molecule has 1 saturated heterocycles. The van der Waals surface area contributed by atoms with Crippen LogP contribution < -0.4 is 58.9 Å². The van der Waals surface area contributed by atoms with E-state index < -0.39 is 194 Å². The molecule has 1 aliphatic heterocycles. The van der Waals surface area contributed by atoms with Gasteiger partial charge in [-0.1, -0.05) is 71.9 Å². The van der Waals surface area contributed by atoms with E-state index in [1.807, 2.05) is 0 Å². The standard InChI is InChI=1S/C56H88N12O19S/c1-28(2)21-36(60-41(71)25-58-54(85)46(31(7)70)67-47(78)33(57)27-69)49(80)61-34(18-20-88-8)48(79)66-45(30(5)6)55(86)65-39(24-43(74)75)52(83)64-38(23-32-13-10-9-11-14-32)51(82)63-37(22-29(3)4)50(81)62-35(16-17-42(72)73)56(87)68-19-12-15-40(68)53(84)59-26-44(76)77/h9-11,13-14,28-31,33-40,45-46,69-70H,12,15-27,57H2,1-8H3,(H,58,85)(H,59,84)(H,60,71)(H,61,80)(H,62,81)(H,63,82)(H,64,83)(H,65,86)(H,66,79)(H,67,78)(H,72,73)(H,74,75)(H,76,77)/t31-,33+,34+,35+,36+,37+,38+,39+,40+,45+,46+/m1/s1. The molecule has 32 heteroatoms. The summed E-state index contributed by atoms with van der Waals surface area (Å²) in [6, 6.07) is -6.58. The van der Waals surface area contributed by atoms with E-state index in [1.54, 1.807) is 64.3 Å². The highest BCUT2D eigenvalue weighted by molar-refractivity contribution is 7.98. The molecule has 492 valence electrons. The Balaban J connectivity index is 2.42. The van der Waals surface area contributed by atoms with Crippen molar-refractivity contribution in [3.05, 3.63) is 35.9 Å². The second kappa shape index (κ2) is 38.3. The average molecular weight is 1270 g/mol. The summed E-state index contributed by atoms with van der Waals surface area (Å²) in [5.41, 5.74) is 5.97. The SMILES string of the molecule is CSCC[C@H](NC(=O)[C@H](CC(C)C)NC(=O)CNC(=O)[C@@H](NC(=O)[C@@H](N)CO)[C@@H](C)O)C(=O)N[C@H](C(=O)N[C@@H](CC(=O)O)C(=O)N[C@@H](Cc1ccccc1)C(=O)N[C@@H](CC(C)C)C(=O)N[C@@H](CCC(=O)O)C(=O)N1CCC[C@H]1C(=O)NCC(=O)O)C(C)C. The number of nitrogens with two attached hydrogens (primary N) is 1. The fraction of sp³-hybridized carbons (Fsp3) is 0.643. The zero-order chi connectivity index (χ0) is 66.5. The molecule has 0 unspecified atom stereocenters. The molecule has 0 saturated carbocycles. The number of aliphatic hydroxyl groups excluding tert-OH is 2. The van der Waals surface area contributed by atoms with Gasteiger partial charge in [-0.25, -0.2) is 0 Å². The minimum atomic E-state index is -1.91. The lowest BCUT2D eigenvalue weighted by molar-refractivity contribution is -0.144. The number of carboxylic acid groups (broad SMARTS) is 3. The molecule has 11 atom stereocenters. The van der Waals surface area contributed by atoms with Gasteiger partial charge in [-0.15, -0.1) is 0 Å². The molecule has 0 aromatic heterocycles. The zero-order valence-electron chi connectivity index (χ0n) is 50.8. The molecule has 0 aliphatic carbocycles. The van der Waals surface area contributed by atoms with Crippen molar-refractivity contribution in [1.29, 1.82) is 0 Å². The number of nitrogens with one attached hydrogen (secondary N) is 10. The fourth-order valence-corrected chi connectivity index (χ4v) is 9.54. The molecule has 17 N–H and O–H groups in total. The van der Waals surface area contributed by atoms with Gasteiger partial charge < -0.3 is 89.3 Å². The highest BCUT2D eigenvalue weighted by atomic mass is 32.2. The molecule has 88 heavy (non-hydrogen) atoms. The molecule has 1 aliphatic rings. The summed E-state index contributed by atoms with van der Waals surface area (Å²) in [5.74, 6) is -15.6. The molecule has 31 nitrogen and oxygen atoms in total. The number of carbonyl (C=O) groups is 14. The van der Waals surface area contributed by atoms with Gasteiger partial charge in [0.25, 0.3) is 0 Å². The van der Waals surface area contributed by atoms with Crippen LogP contribution in [0.1, 0.15) is 105 Å². The van der Waals surface area contributed by atoms with Gasteiger partial charge in [-0.05, 0) is 80.8 Å². The number of aliphatic hydroxyl groups is 2. The number of hydrogen-bond acceptors (Lipinski definition) is 18. The monoisotopic (exact) mass is 1260 g/mol. The smallest absolute Gasteiger partial charge is 0.322 e. The predicted octanol–water partition coefficient (Wildman–Crippen LogP) is -4.04. The number of nitrogens with zero attached hydrogens (tertiary/aromatic N) is 1. The van der Waals surface area contributed by atoms with E-state index in [1.165, 1.54) is 32.5 Å². The molecular weight excluding hydrogens is 1180 g/mol. The molecule has 1 fully saturated rings. The lowest BCUT2D eigenvalue weighted by atomic mass is 9.99. The molecule has 1 aromatic rings. The van der Waals surface area contributed by atoms with Crippen LogP contribution in [0.25, 0.3) is 0 Å². The number of likely N-dealkylation sites (tertiary alicyclic amines) is 1. The van der Waals surface area contributed by atoms with Gasteiger partial charge in [-0.2, -0.15) is 11.8 Å². The molecule has 0 radical (unpaired) electrons. The van der Waals surface area contributed by atoms with Crippen molar-refractivity contribution in [3.63, 3.8) is 0 Å². The van der Waals surface area contributed by atoms with Gasteiger partial charge in [0.15, 0.2) is 0 Å². The van der Waals surface area contributed by atoms with E-state index in [0.717, 1.165) is 4.90 Å². The van der Waals surface area contributed by atoms with Crippen molar-refractivity contribution in [2.24, 2.45) is 23.5 Å². The third-order valence-electron chi connectivity index (χ3n) is 13.6. The Kier molecular flexibility index (Phi) is 33.2. The lowest BCUT2D eigenvalue weighted by Crippen LogP contribution is -2.61. The summed E-state index contributed by atoms with van der Waals surface area (Å²) in [5, 5.41) is 72.3. The van der Waals surface area contributed by atoms with E-state index in [9.17, 15) is 87.5 Å². The summed E-state index contributed by atoms with van der Waals surface area (Å²) in [7, 11) is 0. The van der Waals surface area contributed by atoms with E-state index >= 15 is 0 Å². The van der Waals surface area contributed by atoms with Crippen LogP contribution in [-0.4, -0.2) is 218 Å². The average Bonchev–Trinajstić information content (AvgIpc) is 4.15. The van der Waals surface area contributed by atoms with E-state index in [4.69, 9.17) is 10.8 Å². The van der Waals surface area contributed by atoms with Gasteiger partial charge in [0.2, 0.25) is 65.0 Å². The molecule has 0 bridgehead atoms. The Morgan fingerprint density at radius 2 is 1.10 bits per heavy atom. The topological polar surface area (TPSA) is 490 Å². The normalized spacial score (nSPS) is 16.3. The van der Waals surface area contributed by atoms with Gasteiger partial charge in [0.1, 0.15) is 67.0 Å². The molecule has 1 aromatic carbocycles. The van der Waals surface area contributed by atoms with E-state index in [2.05, 4.69) is 53.2 Å². The number of hydrogen-bond donors (Lipinski definition) is 16. The number of carboxylic acids is 3. The number of aliphatic carboxylic acids is 3. The Bertz CT molecular complexity index is 2590. The Hall–Kier alpha value is -7.97. The quantitative estimate of drug-likeness (QED) is 0.0298. The Labute approximate surface area is 514 Å². The Morgan fingerprint density at radius 1 is 0.580 bits per heavy atom. The maximum atomic E-state index is 14.5. The fourth-order valence-electron chi connectivity index (χ4n) is 9.07. The summed E-state index contributed by atoms with van der Waals surface area (Å²) in [6.45, 7) is 8.96. The number of thioether (sulfide) groups is 1. The molecular formula is C56H88N12O19S. The van der Waals surface area contributed by atoms with Crippen LogP contribution in [0.2, 0.25) is 0 Å². The van der Waals surface area contributed by atoms with Crippen LogP contribution in [-0.2, 0) is 73.5 Å². The third kappa shape index (κ3) is 27.0. The van der Waals surface area contributed by atoms with Crippen molar-refractivity contribution in [2.45, 2.75) is 173 Å². The maximum Gasteiger partial charge on any atom is 0.322 e. The molecule has 2 rings (SSSR count). The van der Waals surface area contributed by atoms with Crippen LogP contribution in [0.15, 0.2) is 30.3 Å². The largest absolute Gasteiger partial charge is 0.481 e. The number of amides is 11. The van der Waals surface area contributed by atoms with Crippen LogP contribution >= 0.6 is 11.8 Å². The number of rotatable bonds is 39. The Morgan fingerprint density at radius 3 is 1.64 bits per heavy atom. The lowest BCUT2D eigenvalue weighted by Gasteiger charge is -2.30. The predicted molar refractivity (Wildman–Crippen MR) is 317 cm³/mol. The van der Waals surface area contributed by atoms with Crippen molar-refractivity contribution >= 4 is 94.6 Å². The van der Waals surface area contributed by atoms with Crippen LogP contribution in [0.5, 0.6) is 0 Å². The van der Waals surface area contributed by atoms with Gasteiger partial charge >= 0.3 is 17.9 Å². The highest BCUT2D eigenvalue weighted by Gasteiger charge is 2.40. The van der Waals surface area contributed by atoms with Crippen LogP contribution in [0.4, 0.5) is 0 Å². The first-order chi connectivity index (χ1) is 41.3. The summed E-state index contributed by atoms with van der Waals surface area (Å²) in [6.07, 6.45) is -1.68. The van der Waals surface area contributed by atoms with Gasteiger partial charge in [-0.3, -0.25) is 67.1 Å². The van der Waals surface area contributed by atoms with Crippen LogP contribution in [0, 0.1) is 17.8 Å². The van der Waals surface area contributed by atoms with Crippen molar-refractivity contribution in [3.8, 4) is 0 Å². The number of carbonyl (C=O) groups excluding carboxylic acids is 11. The second-order valence-electron chi connectivity index (χ2n) is 22.5. The van der Waals surface area contributed by atoms with E-state index in [0.29, 0.717) is 17.7 Å². The van der Waals surface area contributed by atoms with Gasteiger partial charge in [0, 0.05) is 19.4 Å². The summed E-state index contributed by atoms with van der Waals surface area (Å²) >= 11 is 1.31. The van der Waals surface area contributed by atoms with Crippen molar-refractivity contribution in [2.75, 3.05) is 38.2 Å². The molecule has 0 spiro atoms. The minimum absolute atomic E-state index is 0.00925. The third-order valence-corrected chi connectivity index (χ3v) is 14.3. The van der Waals surface area contributed by atoms with Crippen molar-refractivity contribution < 1.29 is 92.7 Å². The first-order valence-electron chi connectivity index (χ1n) is 28.8. The maximum absolute atomic E-state index is 14.5. The first-order valence-corrected chi connectivity index (χ1v) is 30.2. The number of benzene rings is 1. The minimum Gasteiger partial charge on any atom is -0.481 e. The van der Waals surface area contributed by atoms with Crippen molar-refractivity contribution in [1.82, 2.24) is 58.1 Å². The zero-order valence-corrected chi connectivity index (χ0v) is 51.6. The molecule has 11 amide bonds. The highest BCUT2D eigenvalue weighted by Crippen LogP contribution is 2.21. The first kappa shape index (κ1) is 76.1. The summed E-state index contributed by atoms with van der Waals surface area (Å²) in [4.78, 5) is 187. The van der Waals surface area contributed by atoms with Gasteiger partial charge in [0.05, 0.1) is 25.7 Å². The van der Waals surface area contributed by atoms with Crippen LogP contribution in [0.3, 0.4) is 0 Å². The molecule has 1 heterocycles. The second-order valence-corrected chi connectivity index (χ2v) is 23.4.